The van der Waals surface area contributed by atoms with Gasteiger partial charge in [0.1, 0.15) is 0 Å². The molecule has 0 aliphatic rings. The largest absolute Gasteiger partial charge is 0.433 e. The van der Waals surface area contributed by atoms with E-state index in [1.165, 1.54) is 64.2 Å². The molecule has 1 atom stereocenters. The number of hydrogen-bond acceptors (Lipinski definition) is 3. The zero-order chi connectivity index (χ0) is 23.3. The van der Waals surface area contributed by atoms with Crippen molar-refractivity contribution in [2.75, 3.05) is 0 Å². The van der Waals surface area contributed by atoms with Gasteiger partial charge in [-0.05, 0) is 51.9 Å². The van der Waals surface area contributed by atoms with E-state index in [0.29, 0.717) is 0 Å². The Balaban J connectivity index is 4.67. The Morgan fingerprint density at radius 2 is 0.967 bits per heavy atom. The Bertz CT molecular complexity index is 495. The summed E-state index contributed by atoms with van der Waals surface area (Å²) in [5, 5.41) is 0. The summed E-state index contributed by atoms with van der Waals surface area (Å²) < 4.78 is 20.0. The van der Waals surface area contributed by atoms with Gasteiger partial charge in [-0.15, -0.1) is 13.2 Å². The highest BCUT2D eigenvalue weighted by Crippen LogP contribution is 2.29. The molecule has 0 saturated carbocycles. The highest BCUT2D eigenvalue weighted by atomic mass is 28.5. The summed E-state index contributed by atoms with van der Waals surface area (Å²) in [6.07, 6.45) is 13.5. The lowest BCUT2D eigenvalue weighted by Crippen LogP contribution is -2.57. The molecule has 0 amide bonds. The summed E-state index contributed by atoms with van der Waals surface area (Å²) in [6, 6.07) is 1.05. The molecule has 0 heterocycles. The Morgan fingerprint density at radius 3 is 1.40 bits per heavy atom. The van der Waals surface area contributed by atoms with Gasteiger partial charge in [-0.2, -0.15) is 0 Å². The average molecular weight is 489 g/mol. The molecule has 178 valence electrons. The first-order chi connectivity index (χ1) is 13.8. The van der Waals surface area contributed by atoms with E-state index < -0.39 is 33.8 Å². The second kappa shape index (κ2) is 14.4. The van der Waals surface area contributed by atoms with E-state index in [1.54, 1.807) is 0 Å². The molecule has 0 bridgehead atoms. The second-order valence-electron chi connectivity index (χ2n) is 10.4. The molecule has 3 nitrogen and oxygen atoms in total. The van der Waals surface area contributed by atoms with Gasteiger partial charge in [0.2, 0.25) is 0 Å². The number of rotatable bonds is 19. The minimum Gasteiger partial charge on any atom is -0.433 e. The Morgan fingerprint density at radius 1 is 0.567 bits per heavy atom. The van der Waals surface area contributed by atoms with E-state index in [2.05, 4.69) is 65.9 Å². The van der Waals surface area contributed by atoms with Crippen molar-refractivity contribution in [3.8, 4) is 0 Å². The summed E-state index contributed by atoms with van der Waals surface area (Å²) in [4.78, 5) is 0. The van der Waals surface area contributed by atoms with Crippen LogP contribution >= 0.6 is 0 Å². The van der Waals surface area contributed by atoms with Crippen molar-refractivity contribution in [2.45, 2.75) is 123 Å². The van der Waals surface area contributed by atoms with Crippen LogP contribution in [0.4, 0.5) is 0 Å². The molecule has 0 aromatic heterocycles. The first kappa shape index (κ1) is 30.2. The van der Waals surface area contributed by atoms with Crippen molar-refractivity contribution in [1.29, 1.82) is 0 Å². The molecular weight excluding hydrogens is 437 g/mol. The molecule has 0 rings (SSSR count). The molecule has 0 radical (unpaired) electrons. The monoisotopic (exact) mass is 488 g/mol. The maximum atomic E-state index is 6.79. The molecule has 0 aromatic rings. The van der Waals surface area contributed by atoms with E-state index in [9.17, 15) is 0 Å². The third-order valence-corrected chi connectivity index (χ3v) is 20.2. The highest BCUT2D eigenvalue weighted by Gasteiger charge is 2.44. The topological polar surface area (TPSA) is 27.7 Å². The Kier molecular flexibility index (Phi) is 14.5. The third-order valence-electron chi connectivity index (χ3n) is 5.42. The maximum absolute atomic E-state index is 6.79. The predicted octanol–water partition coefficient (Wildman–Crippen LogP) is 8.59. The van der Waals surface area contributed by atoms with Crippen LogP contribution < -0.4 is 0 Å². The van der Waals surface area contributed by atoms with Gasteiger partial charge in [0.25, 0.3) is 0 Å². The van der Waals surface area contributed by atoms with Crippen molar-refractivity contribution in [3.05, 3.63) is 24.6 Å². The van der Waals surface area contributed by atoms with Crippen LogP contribution in [-0.2, 0) is 12.3 Å². The molecule has 0 fully saturated rings. The Labute approximate surface area is 193 Å². The van der Waals surface area contributed by atoms with Gasteiger partial charge in [-0.1, -0.05) is 82.5 Å². The van der Waals surface area contributed by atoms with Gasteiger partial charge in [-0.3, -0.25) is 0 Å². The SMILES string of the molecule is C=C[Si](C)(C)O[Si](C)(C)O[Si](C)(CCCCCCCCCCCC)O[Si](C)(C)C=C. The Hall–Kier alpha value is 0.228. The van der Waals surface area contributed by atoms with Crippen molar-refractivity contribution in [1.82, 2.24) is 0 Å². The zero-order valence-corrected chi connectivity index (χ0v) is 25.6. The molecule has 0 saturated heterocycles. The summed E-state index contributed by atoms with van der Waals surface area (Å²) in [5.41, 5.74) is 4.02. The third kappa shape index (κ3) is 15.1. The molecule has 0 N–H and O–H groups in total. The number of unbranched alkanes of at least 4 members (excludes halogenated alkanes) is 9. The molecule has 0 aliphatic heterocycles. The van der Waals surface area contributed by atoms with E-state index in [0.717, 1.165) is 6.04 Å². The molecule has 0 spiro atoms. The van der Waals surface area contributed by atoms with Gasteiger partial charge in [0, 0.05) is 0 Å². The summed E-state index contributed by atoms with van der Waals surface area (Å²) in [5.74, 6) is 0. The minimum absolute atomic E-state index is 1.05. The predicted molar refractivity (Wildman–Crippen MR) is 144 cm³/mol. The average Bonchev–Trinajstić information content (AvgIpc) is 2.61. The fourth-order valence-electron chi connectivity index (χ4n) is 3.87. The smallest absolute Gasteiger partial charge is 0.316 e. The van der Waals surface area contributed by atoms with Gasteiger partial charge in [0.15, 0.2) is 16.6 Å². The van der Waals surface area contributed by atoms with Gasteiger partial charge >= 0.3 is 17.1 Å². The van der Waals surface area contributed by atoms with Crippen LogP contribution in [0.25, 0.3) is 0 Å². The van der Waals surface area contributed by atoms with Crippen LogP contribution in [0.3, 0.4) is 0 Å². The van der Waals surface area contributed by atoms with Crippen LogP contribution in [0.15, 0.2) is 24.6 Å². The molecular formula is C23H52O3Si4. The second-order valence-corrected chi connectivity index (χ2v) is 25.6. The minimum atomic E-state index is -2.33. The lowest BCUT2D eigenvalue weighted by molar-refractivity contribution is 0.324. The number of hydrogen-bond donors (Lipinski definition) is 0. The highest BCUT2D eigenvalue weighted by molar-refractivity contribution is 6.91. The van der Waals surface area contributed by atoms with E-state index in [1.807, 2.05) is 11.4 Å². The van der Waals surface area contributed by atoms with E-state index >= 15 is 0 Å². The van der Waals surface area contributed by atoms with Crippen molar-refractivity contribution < 1.29 is 12.3 Å². The normalized spacial score (nSPS) is 15.1. The van der Waals surface area contributed by atoms with Crippen LogP contribution in [0.2, 0.25) is 51.9 Å². The summed E-state index contributed by atoms with van der Waals surface area (Å²) >= 11 is 0. The van der Waals surface area contributed by atoms with E-state index in [-0.39, 0.29) is 0 Å². The molecule has 0 aliphatic carbocycles. The first-order valence-electron chi connectivity index (χ1n) is 12.2. The van der Waals surface area contributed by atoms with Crippen LogP contribution in [0.5, 0.6) is 0 Å². The van der Waals surface area contributed by atoms with Crippen LogP contribution in [-0.4, -0.2) is 33.8 Å². The zero-order valence-electron chi connectivity index (χ0n) is 21.6. The van der Waals surface area contributed by atoms with Crippen molar-refractivity contribution in [3.63, 3.8) is 0 Å². The summed E-state index contributed by atoms with van der Waals surface area (Å²) in [7, 11) is -8.42. The first-order valence-corrected chi connectivity index (χ1v) is 23.5. The molecule has 0 aromatic carbocycles. The molecule has 30 heavy (non-hydrogen) atoms. The molecule has 7 heteroatoms. The standard InChI is InChI=1S/C23H52O3Si4/c1-11-14-15-16-17-18-19-20-21-22-23-30(10,25-28(6,7)13-3)26-29(8,9)24-27(4,5)12-2/h12-13H,2-3,11,14-23H2,1,4-10H3. The van der Waals surface area contributed by atoms with Crippen molar-refractivity contribution >= 4 is 33.8 Å². The quantitative estimate of drug-likeness (QED) is 0.134. The maximum Gasteiger partial charge on any atom is 0.316 e. The fourth-order valence-corrected chi connectivity index (χ4v) is 21.0. The fraction of sp³-hybridized carbons (Fsp3) is 0.826. The van der Waals surface area contributed by atoms with Gasteiger partial charge in [-0.25, -0.2) is 0 Å². The lowest BCUT2D eigenvalue weighted by atomic mass is 10.1. The van der Waals surface area contributed by atoms with Crippen LogP contribution in [0, 0.1) is 0 Å². The summed E-state index contributed by atoms with van der Waals surface area (Å²) in [6.45, 7) is 25.6. The lowest BCUT2D eigenvalue weighted by Gasteiger charge is -2.41. The van der Waals surface area contributed by atoms with Crippen LogP contribution in [0.1, 0.15) is 71.1 Å². The van der Waals surface area contributed by atoms with E-state index in [4.69, 9.17) is 12.3 Å². The van der Waals surface area contributed by atoms with Gasteiger partial charge in [0.05, 0.1) is 0 Å². The van der Waals surface area contributed by atoms with Crippen molar-refractivity contribution in [2.24, 2.45) is 0 Å². The molecule has 1 unspecified atom stereocenters. The van der Waals surface area contributed by atoms with Gasteiger partial charge < -0.3 is 12.3 Å².